The molecule has 2 heteroatoms. The Balaban J connectivity index is 1.13. The molecule has 0 N–H and O–H groups in total. The lowest BCUT2D eigenvalue weighted by atomic mass is 9.94. The topological polar surface area (TPSA) is 6.48 Å². The fraction of sp³-hybridized carbons (Fsp3) is 0. The lowest BCUT2D eigenvalue weighted by molar-refractivity contribution is 1.29. The first kappa shape index (κ1) is 41.7. The van der Waals surface area contributed by atoms with Crippen molar-refractivity contribution >= 4 is 80.0 Å². The number of nitrogens with zero attached hydrogens (tertiary/aromatic N) is 2. The van der Waals surface area contributed by atoms with Gasteiger partial charge in [0.15, 0.2) is 0 Å². The van der Waals surface area contributed by atoms with E-state index in [1.165, 1.54) is 22.3 Å². The molecule has 0 saturated heterocycles. The molecule has 0 amide bonds. The maximum Gasteiger partial charge on any atom is 0.0619 e. The molecular formula is C66H48N2. The summed E-state index contributed by atoms with van der Waals surface area (Å²) in [5.41, 5.74) is 15.8. The van der Waals surface area contributed by atoms with Gasteiger partial charge in [0.05, 0.1) is 11.4 Å². The summed E-state index contributed by atoms with van der Waals surface area (Å²) in [6.45, 7) is 0. The van der Waals surface area contributed by atoms with Gasteiger partial charge in [0.1, 0.15) is 0 Å². The van der Waals surface area contributed by atoms with Crippen LogP contribution in [0.4, 0.5) is 34.1 Å². The molecule has 0 unspecified atom stereocenters. The Morgan fingerprint density at radius 3 is 0.824 bits per heavy atom. The second kappa shape index (κ2) is 19.2. The zero-order valence-electron chi connectivity index (χ0n) is 37.6. The highest BCUT2D eigenvalue weighted by Crippen LogP contribution is 2.51. The van der Waals surface area contributed by atoms with Crippen molar-refractivity contribution in [3.63, 3.8) is 0 Å². The molecule has 0 atom stereocenters. The monoisotopic (exact) mass is 868 g/mol. The summed E-state index contributed by atoms with van der Waals surface area (Å²) in [6, 6.07) is 96.0. The largest absolute Gasteiger partial charge is 0.309 e. The number of fused-ring (bicyclic) bond motifs is 2. The minimum absolute atomic E-state index is 1.07. The summed E-state index contributed by atoms with van der Waals surface area (Å²) in [5, 5.41) is 4.58. The van der Waals surface area contributed by atoms with E-state index in [0.717, 1.165) is 77.9 Å². The molecule has 0 aromatic heterocycles. The third-order valence-electron chi connectivity index (χ3n) is 12.6. The Hall–Kier alpha value is -8.98. The third kappa shape index (κ3) is 8.75. The van der Waals surface area contributed by atoms with E-state index in [0.29, 0.717) is 0 Å². The predicted octanol–water partition coefficient (Wildman–Crippen LogP) is 18.6. The first-order valence-electron chi connectivity index (χ1n) is 23.2. The Labute approximate surface area is 399 Å². The number of benzene rings is 11. The molecule has 0 bridgehead atoms. The SMILES string of the molecule is C(=C\c1ccc(N(c2cccc(-c3ccccc3)c2)c2c3ccccc3c(N(c3ccc(/C=C/c4ccccc4)cc3)c3cccc(-c4ccccc4)c3)c3ccccc23)cc1)/c1ccccc1. The van der Waals surface area contributed by atoms with Crippen molar-refractivity contribution in [3.05, 3.63) is 289 Å². The normalized spacial score (nSPS) is 11.4. The Morgan fingerprint density at radius 2 is 0.485 bits per heavy atom. The van der Waals surface area contributed by atoms with Gasteiger partial charge in [-0.1, -0.05) is 243 Å². The van der Waals surface area contributed by atoms with E-state index >= 15 is 0 Å². The molecule has 0 fully saturated rings. The van der Waals surface area contributed by atoms with Gasteiger partial charge in [-0.2, -0.15) is 0 Å². The molecule has 0 radical (unpaired) electrons. The van der Waals surface area contributed by atoms with Crippen LogP contribution in [0.2, 0.25) is 0 Å². The molecule has 0 aliphatic carbocycles. The van der Waals surface area contributed by atoms with E-state index in [2.05, 4.69) is 301 Å². The van der Waals surface area contributed by atoms with Crippen LogP contribution in [0, 0.1) is 0 Å². The van der Waals surface area contributed by atoms with Crippen molar-refractivity contribution in [1.82, 2.24) is 0 Å². The molecule has 0 aliphatic rings. The smallest absolute Gasteiger partial charge is 0.0619 e. The van der Waals surface area contributed by atoms with Gasteiger partial charge in [-0.25, -0.2) is 0 Å². The number of hydrogen-bond acceptors (Lipinski definition) is 2. The van der Waals surface area contributed by atoms with Gasteiger partial charge >= 0.3 is 0 Å². The van der Waals surface area contributed by atoms with Crippen molar-refractivity contribution < 1.29 is 0 Å². The van der Waals surface area contributed by atoms with Gasteiger partial charge in [0, 0.05) is 44.3 Å². The lowest BCUT2D eigenvalue weighted by Crippen LogP contribution is -2.14. The van der Waals surface area contributed by atoms with Crippen LogP contribution in [0.15, 0.2) is 267 Å². The minimum Gasteiger partial charge on any atom is -0.309 e. The van der Waals surface area contributed by atoms with E-state index in [1.54, 1.807) is 0 Å². The van der Waals surface area contributed by atoms with Crippen LogP contribution in [0.3, 0.4) is 0 Å². The maximum absolute atomic E-state index is 2.46. The number of anilines is 6. The van der Waals surface area contributed by atoms with Gasteiger partial charge < -0.3 is 9.80 Å². The van der Waals surface area contributed by atoms with E-state index in [1.807, 2.05) is 0 Å². The lowest BCUT2D eigenvalue weighted by Gasteiger charge is -2.33. The summed E-state index contributed by atoms with van der Waals surface area (Å²) in [5.74, 6) is 0. The average Bonchev–Trinajstić information content (AvgIpc) is 3.42. The second-order valence-electron chi connectivity index (χ2n) is 17.0. The summed E-state index contributed by atoms with van der Waals surface area (Å²) < 4.78 is 0. The Morgan fingerprint density at radius 1 is 0.206 bits per heavy atom. The molecule has 11 rings (SSSR count). The molecule has 0 spiro atoms. The standard InChI is InChI=1S/C66H48N2/c1-5-19-49(20-6-1)35-37-51-39-43-57(44-40-51)67(59-29-17-27-55(47-59)53-23-9-3-10-24-53)65-61-31-13-15-33-63(61)66(64-34-16-14-32-62(64)65)68(60-30-18-28-56(48-60)54-25-11-4-12-26-54)58-45-41-52(42-46-58)38-36-50-21-7-2-8-22-50/h1-48H/b37-35+,38-36+. The molecule has 11 aromatic rings. The number of hydrogen-bond donors (Lipinski definition) is 0. The highest BCUT2D eigenvalue weighted by molar-refractivity contribution is 6.23. The maximum atomic E-state index is 2.46. The molecule has 11 aromatic carbocycles. The second-order valence-corrected chi connectivity index (χ2v) is 17.0. The summed E-state index contributed by atoms with van der Waals surface area (Å²) >= 11 is 0. The fourth-order valence-corrected chi connectivity index (χ4v) is 9.27. The van der Waals surface area contributed by atoms with Crippen LogP contribution < -0.4 is 9.80 Å². The highest BCUT2D eigenvalue weighted by atomic mass is 15.2. The van der Waals surface area contributed by atoms with Gasteiger partial charge in [-0.15, -0.1) is 0 Å². The zero-order valence-corrected chi connectivity index (χ0v) is 37.6. The number of rotatable bonds is 12. The molecular weight excluding hydrogens is 821 g/mol. The molecule has 0 saturated carbocycles. The fourth-order valence-electron chi connectivity index (χ4n) is 9.27. The van der Waals surface area contributed by atoms with Crippen molar-refractivity contribution in [1.29, 1.82) is 0 Å². The first-order chi connectivity index (χ1) is 33.7. The van der Waals surface area contributed by atoms with Crippen LogP contribution in [-0.4, -0.2) is 0 Å². The van der Waals surface area contributed by atoms with Gasteiger partial charge in [0.2, 0.25) is 0 Å². The van der Waals surface area contributed by atoms with Gasteiger partial charge in [-0.3, -0.25) is 0 Å². The minimum atomic E-state index is 1.07. The van der Waals surface area contributed by atoms with Crippen LogP contribution >= 0.6 is 0 Å². The van der Waals surface area contributed by atoms with Crippen molar-refractivity contribution in [2.24, 2.45) is 0 Å². The third-order valence-corrected chi connectivity index (χ3v) is 12.6. The van der Waals surface area contributed by atoms with Gasteiger partial charge in [0.25, 0.3) is 0 Å². The summed E-state index contributed by atoms with van der Waals surface area (Å²) in [6.07, 6.45) is 8.72. The van der Waals surface area contributed by atoms with Crippen LogP contribution in [0.25, 0.3) is 68.1 Å². The van der Waals surface area contributed by atoms with Crippen molar-refractivity contribution in [2.45, 2.75) is 0 Å². The average molecular weight is 869 g/mol. The van der Waals surface area contributed by atoms with Crippen molar-refractivity contribution in [2.75, 3.05) is 9.80 Å². The van der Waals surface area contributed by atoms with E-state index in [4.69, 9.17) is 0 Å². The van der Waals surface area contributed by atoms with E-state index in [-0.39, 0.29) is 0 Å². The first-order valence-corrected chi connectivity index (χ1v) is 23.2. The van der Waals surface area contributed by atoms with E-state index in [9.17, 15) is 0 Å². The van der Waals surface area contributed by atoms with Crippen LogP contribution in [0.5, 0.6) is 0 Å². The molecule has 68 heavy (non-hydrogen) atoms. The predicted molar refractivity (Wildman–Crippen MR) is 292 cm³/mol. The summed E-state index contributed by atoms with van der Waals surface area (Å²) in [4.78, 5) is 4.92. The highest BCUT2D eigenvalue weighted by Gasteiger charge is 2.26. The van der Waals surface area contributed by atoms with Crippen molar-refractivity contribution in [3.8, 4) is 22.3 Å². The molecule has 0 heterocycles. The Bertz CT molecular complexity index is 3230. The summed E-state index contributed by atoms with van der Waals surface area (Å²) in [7, 11) is 0. The molecule has 2 nitrogen and oxygen atoms in total. The van der Waals surface area contributed by atoms with E-state index < -0.39 is 0 Å². The quantitative estimate of drug-likeness (QED) is 0.0686. The van der Waals surface area contributed by atoms with Crippen LogP contribution in [-0.2, 0) is 0 Å². The van der Waals surface area contributed by atoms with Gasteiger partial charge in [-0.05, 0) is 93.0 Å². The molecule has 322 valence electrons. The zero-order chi connectivity index (χ0) is 45.5. The molecule has 0 aliphatic heterocycles. The Kier molecular flexibility index (Phi) is 11.8. The van der Waals surface area contributed by atoms with Crippen LogP contribution in [0.1, 0.15) is 22.3 Å².